The smallest absolute Gasteiger partial charge is 0.0713 e. The van der Waals surface area contributed by atoms with Gasteiger partial charge in [-0.1, -0.05) is 133 Å². The van der Waals surface area contributed by atoms with Crippen LogP contribution in [0.5, 0.6) is 0 Å². The van der Waals surface area contributed by atoms with Gasteiger partial charge in [0.05, 0.1) is 11.1 Å². The number of hydrogen-bond donors (Lipinski definition) is 0. The fraction of sp³-hybridized carbons (Fsp3) is 0.0244. The van der Waals surface area contributed by atoms with E-state index in [4.69, 9.17) is 0 Å². The molecule has 0 spiro atoms. The van der Waals surface area contributed by atoms with Crippen molar-refractivity contribution >= 4 is 0 Å². The normalized spacial score (nSPS) is 12.8. The second kappa shape index (κ2) is 10.3. The van der Waals surface area contributed by atoms with Crippen molar-refractivity contribution in [2.24, 2.45) is 0 Å². The highest BCUT2D eigenvalue weighted by Crippen LogP contribution is 2.59. The van der Waals surface area contributed by atoms with Crippen LogP contribution in [0.15, 0.2) is 170 Å². The van der Waals surface area contributed by atoms with E-state index in [1.165, 1.54) is 44.5 Å². The Labute approximate surface area is 252 Å². The number of pyridine rings is 2. The molecule has 0 bridgehead atoms. The average molecular weight is 549 g/mol. The first-order valence-electron chi connectivity index (χ1n) is 14.7. The van der Waals surface area contributed by atoms with Crippen LogP contribution in [0.1, 0.15) is 22.3 Å². The zero-order valence-corrected chi connectivity index (χ0v) is 23.6. The summed E-state index contributed by atoms with van der Waals surface area (Å²) in [6, 6.07) is 54.5. The minimum atomic E-state index is -0.452. The molecule has 1 aliphatic carbocycles. The molecule has 0 saturated heterocycles. The number of benzene rings is 5. The molecule has 0 radical (unpaired) electrons. The number of rotatable bonds is 5. The predicted octanol–water partition coefficient (Wildman–Crippen LogP) is 9.84. The van der Waals surface area contributed by atoms with Gasteiger partial charge in [0.25, 0.3) is 0 Å². The zero-order chi connectivity index (χ0) is 28.6. The third-order valence-electron chi connectivity index (χ3n) is 8.73. The molecule has 7 aromatic rings. The minimum absolute atomic E-state index is 0.452. The molecule has 2 heterocycles. The topological polar surface area (TPSA) is 25.8 Å². The summed E-state index contributed by atoms with van der Waals surface area (Å²) < 4.78 is 0. The van der Waals surface area contributed by atoms with Gasteiger partial charge in [0.1, 0.15) is 0 Å². The molecule has 0 N–H and O–H groups in total. The van der Waals surface area contributed by atoms with Crippen molar-refractivity contribution in [3.05, 3.63) is 193 Å². The summed E-state index contributed by atoms with van der Waals surface area (Å²) >= 11 is 0. The largest absolute Gasteiger partial charge is 0.264 e. The second-order valence-corrected chi connectivity index (χ2v) is 11.0. The SMILES string of the molecule is c1ccc(C2(c3ccccc3)c3ccccc3-c3c2ccc(-c2ccc(-c4ccccn4)cc2)c3-c2cccnc2)cc1. The fourth-order valence-corrected chi connectivity index (χ4v) is 6.94. The van der Waals surface area contributed by atoms with Crippen molar-refractivity contribution in [2.75, 3.05) is 0 Å². The molecule has 202 valence electrons. The molecule has 0 amide bonds. The molecule has 0 aliphatic heterocycles. The molecule has 2 heteroatoms. The van der Waals surface area contributed by atoms with Gasteiger partial charge >= 0.3 is 0 Å². The van der Waals surface area contributed by atoms with Gasteiger partial charge in [-0.3, -0.25) is 9.97 Å². The van der Waals surface area contributed by atoms with Crippen LogP contribution < -0.4 is 0 Å². The Kier molecular flexibility index (Phi) is 6.05. The quantitative estimate of drug-likeness (QED) is 0.214. The molecule has 5 aromatic carbocycles. The summed E-state index contributed by atoms with van der Waals surface area (Å²) in [7, 11) is 0. The number of aromatic nitrogens is 2. The molecule has 2 aromatic heterocycles. The maximum Gasteiger partial charge on any atom is 0.0713 e. The third kappa shape index (κ3) is 3.95. The molecule has 0 fully saturated rings. The molecular formula is C41H28N2. The molecule has 2 nitrogen and oxygen atoms in total. The minimum Gasteiger partial charge on any atom is -0.264 e. The molecule has 0 unspecified atom stereocenters. The molecule has 8 rings (SSSR count). The van der Waals surface area contributed by atoms with E-state index in [0.717, 1.165) is 22.4 Å². The zero-order valence-electron chi connectivity index (χ0n) is 23.6. The van der Waals surface area contributed by atoms with Crippen LogP contribution in [-0.2, 0) is 5.41 Å². The van der Waals surface area contributed by atoms with Gasteiger partial charge < -0.3 is 0 Å². The van der Waals surface area contributed by atoms with E-state index in [1.54, 1.807) is 0 Å². The van der Waals surface area contributed by atoms with Crippen LogP contribution >= 0.6 is 0 Å². The lowest BCUT2D eigenvalue weighted by Gasteiger charge is -2.34. The van der Waals surface area contributed by atoms with E-state index in [0.29, 0.717) is 0 Å². The Bertz CT molecular complexity index is 1990. The van der Waals surface area contributed by atoms with Gasteiger partial charge in [-0.05, 0) is 68.3 Å². The Morgan fingerprint density at radius 2 is 1.07 bits per heavy atom. The lowest BCUT2D eigenvalue weighted by atomic mass is 9.67. The van der Waals surface area contributed by atoms with Gasteiger partial charge in [0.2, 0.25) is 0 Å². The average Bonchev–Trinajstić information content (AvgIpc) is 3.41. The van der Waals surface area contributed by atoms with Crippen LogP contribution in [0.3, 0.4) is 0 Å². The van der Waals surface area contributed by atoms with Crippen molar-refractivity contribution in [3.8, 4) is 44.6 Å². The maximum atomic E-state index is 4.58. The third-order valence-corrected chi connectivity index (χ3v) is 8.73. The van der Waals surface area contributed by atoms with E-state index < -0.39 is 5.41 Å². The summed E-state index contributed by atoms with van der Waals surface area (Å²) in [4.78, 5) is 9.13. The van der Waals surface area contributed by atoms with E-state index in [2.05, 4.69) is 143 Å². The van der Waals surface area contributed by atoms with Crippen molar-refractivity contribution in [1.82, 2.24) is 9.97 Å². The lowest BCUT2D eigenvalue weighted by Crippen LogP contribution is -2.28. The number of hydrogen-bond acceptors (Lipinski definition) is 2. The van der Waals surface area contributed by atoms with Crippen LogP contribution in [0.25, 0.3) is 44.6 Å². The van der Waals surface area contributed by atoms with Gasteiger partial charge in [-0.15, -0.1) is 0 Å². The summed E-state index contributed by atoms with van der Waals surface area (Å²) in [6.45, 7) is 0. The summed E-state index contributed by atoms with van der Waals surface area (Å²) in [5.41, 5.74) is 13.9. The highest BCUT2D eigenvalue weighted by molar-refractivity contribution is 6.01. The first-order chi connectivity index (χ1) is 21.4. The molecule has 0 atom stereocenters. The van der Waals surface area contributed by atoms with Gasteiger partial charge in [0, 0.05) is 29.7 Å². The number of nitrogens with zero attached hydrogens (tertiary/aromatic N) is 2. The summed E-state index contributed by atoms with van der Waals surface area (Å²) in [5, 5.41) is 0. The van der Waals surface area contributed by atoms with E-state index >= 15 is 0 Å². The molecule has 0 saturated carbocycles. The van der Waals surface area contributed by atoms with E-state index in [-0.39, 0.29) is 0 Å². The Morgan fingerprint density at radius 3 is 1.74 bits per heavy atom. The summed E-state index contributed by atoms with van der Waals surface area (Å²) in [5.74, 6) is 0. The fourth-order valence-electron chi connectivity index (χ4n) is 6.94. The highest BCUT2D eigenvalue weighted by atomic mass is 14.7. The van der Waals surface area contributed by atoms with E-state index in [9.17, 15) is 0 Å². The van der Waals surface area contributed by atoms with Crippen LogP contribution in [-0.4, -0.2) is 9.97 Å². The van der Waals surface area contributed by atoms with Crippen molar-refractivity contribution in [1.29, 1.82) is 0 Å². The first-order valence-corrected chi connectivity index (χ1v) is 14.7. The van der Waals surface area contributed by atoms with Crippen LogP contribution in [0.4, 0.5) is 0 Å². The van der Waals surface area contributed by atoms with Crippen molar-refractivity contribution in [2.45, 2.75) is 5.41 Å². The Hall–Kier alpha value is -5.60. The van der Waals surface area contributed by atoms with Gasteiger partial charge in [0.15, 0.2) is 0 Å². The lowest BCUT2D eigenvalue weighted by molar-refractivity contribution is 0.768. The monoisotopic (exact) mass is 548 g/mol. The Balaban J connectivity index is 1.45. The van der Waals surface area contributed by atoms with Gasteiger partial charge in [-0.25, -0.2) is 0 Å². The predicted molar refractivity (Wildman–Crippen MR) is 176 cm³/mol. The summed E-state index contributed by atoms with van der Waals surface area (Å²) in [6.07, 6.45) is 5.68. The molecule has 43 heavy (non-hydrogen) atoms. The highest BCUT2D eigenvalue weighted by Gasteiger charge is 2.47. The van der Waals surface area contributed by atoms with Crippen molar-refractivity contribution < 1.29 is 0 Å². The number of fused-ring (bicyclic) bond motifs is 3. The van der Waals surface area contributed by atoms with Crippen molar-refractivity contribution in [3.63, 3.8) is 0 Å². The van der Waals surface area contributed by atoms with Gasteiger partial charge in [-0.2, -0.15) is 0 Å². The Morgan fingerprint density at radius 1 is 0.395 bits per heavy atom. The van der Waals surface area contributed by atoms with E-state index in [1.807, 2.05) is 36.8 Å². The standard InChI is InChI=1S/C41H28N2/c1-3-13-32(14-4-1)41(33-15-5-2-6-16-33)36-18-8-7-17-35(36)40-37(41)25-24-34(39(40)31-12-11-26-42-28-31)29-20-22-30(23-21-29)38-19-9-10-27-43-38/h1-28H. The van der Waals surface area contributed by atoms with Crippen LogP contribution in [0, 0.1) is 0 Å². The van der Waals surface area contributed by atoms with Crippen LogP contribution in [0.2, 0.25) is 0 Å². The molecule has 1 aliphatic rings. The first kappa shape index (κ1) is 25.1. The molecular weight excluding hydrogens is 520 g/mol. The maximum absolute atomic E-state index is 4.58. The second-order valence-electron chi connectivity index (χ2n) is 11.0.